The second kappa shape index (κ2) is 20.9. The fraction of sp³-hybridized carbons (Fsp3) is 1.00. The number of rotatable bonds is 6. The van der Waals surface area contributed by atoms with E-state index < -0.39 is 41.6 Å². The number of aliphatic hydroxyl groups excluding tert-OH is 3. The zero-order chi connectivity index (χ0) is 17.6. The fourth-order valence-electron chi connectivity index (χ4n) is 0.189. The summed E-state index contributed by atoms with van der Waals surface area (Å²) < 4.78 is 29.0. The number of alkyl halides is 3. The van der Waals surface area contributed by atoms with Crippen molar-refractivity contribution in [2.75, 3.05) is 17.6 Å². The molecule has 0 aliphatic carbocycles. The van der Waals surface area contributed by atoms with Crippen LogP contribution in [-0.2, 0) is 13.7 Å². The Hall–Kier alpha value is 1.85. The number of aliphatic hydroxyl groups is 3. The molecule has 0 aliphatic rings. The molecule has 0 rings (SSSR count). The average Bonchev–Trinajstić information content (AvgIpc) is 2.45. The number of halogens is 3. The van der Waals surface area contributed by atoms with E-state index in [4.69, 9.17) is 50.1 Å². The zero-order valence-electron chi connectivity index (χ0n) is 10.9. The van der Waals surface area contributed by atoms with E-state index in [0.29, 0.717) is 0 Å². The Morgan fingerprint density at radius 1 is 0.682 bits per heavy atom. The van der Waals surface area contributed by atoms with Crippen LogP contribution >= 0.6 is 58.9 Å². The Morgan fingerprint density at radius 3 is 0.818 bits per heavy atom. The van der Waals surface area contributed by atoms with Gasteiger partial charge in [0.25, 0.3) is 0 Å². The Balaban J connectivity index is -0.000000108. The normalized spacial score (nSPS) is 17.9. The molecule has 3 N–H and O–H groups in total. The molecule has 0 spiro atoms. The molecule has 0 aromatic rings. The number of hydrogen-bond acceptors (Lipinski definition) is 9. The summed E-state index contributed by atoms with van der Waals surface area (Å²) >= 11 is 14.8. The summed E-state index contributed by atoms with van der Waals surface area (Å²) in [6, 6.07) is 0. The van der Waals surface area contributed by atoms with Gasteiger partial charge < -0.3 is 43.7 Å². The second-order valence-corrected chi connectivity index (χ2v) is 7.81. The van der Waals surface area contributed by atoms with Crippen molar-refractivity contribution in [3.63, 3.8) is 0 Å². The van der Waals surface area contributed by atoms with Crippen LogP contribution in [0, 0.1) is 0 Å². The van der Waals surface area contributed by atoms with E-state index in [1.54, 1.807) is 0 Å². The molecule has 0 amide bonds. The van der Waals surface area contributed by atoms with E-state index in [1.807, 2.05) is 0 Å². The SMILES string of the molecule is O=[PH]([O-])C(O)CCl.O=[PH]([O-])C(O)CCl.O=[PH]([O-])C(O)CCl.[Al+3]. The second-order valence-electron chi connectivity index (χ2n) is 2.97. The van der Waals surface area contributed by atoms with Crippen molar-refractivity contribution in [1.82, 2.24) is 0 Å². The first-order chi connectivity index (χ1) is 9.54. The fourth-order valence-corrected chi connectivity index (χ4v) is 1.70. The van der Waals surface area contributed by atoms with Gasteiger partial charge in [0.05, 0.1) is 17.6 Å². The molecule has 16 heteroatoms. The topological polar surface area (TPSA) is 181 Å². The molecule has 0 saturated heterocycles. The summed E-state index contributed by atoms with van der Waals surface area (Å²) in [5.74, 6) is -4.73. The van der Waals surface area contributed by atoms with Crippen molar-refractivity contribution in [2.24, 2.45) is 0 Å². The molecular formula is C6H15AlCl3O9P3. The van der Waals surface area contributed by atoms with Gasteiger partial charge in [-0.2, -0.15) is 0 Å². The Labute approximate surface area is 154 Å². The van der Waals surface area contributed by atoms with Gasteiger partial charge in [0, 0.05) is 24.1 Å². The molecule has 0 bridgehead atoms. The van der Waals surface area contributed by atoms with Crippen molar-refractivity contribution in [1.29, 1.82) is 0 Å². The summed E-state index contributed by atoms with van der Waals surface area (Å²) in [5.41, 5.74) is 0. The van der Waals surface area contributed by atoms with Gasteiger partial charge in [-0.3, -0.25) is 0 Å². The van der Waals surface area contributed by atoms with Crippen LogP contribution in [0.2, 0.25) is 0 Å². The molecule has 0 radical (unpaired) electrons. The summed E-state index contributed by atoms with van der Waals surface area (Å²) in [5, 5.41) is 24.7. The maximum atomic E-state index is 9.67. The third-order valence-electron chi connectivity index (χ3n) is 1.25. The van der Waals surface area contributed by atoms with E-state index in [2.05, 4.69) is 0 Å². The van der Waals surface area contributed by atoms with Crippen LogP contribution in [0.25, 0.3) is 0 Å². The van der Waals surface area contributed by atoms with Crippen molar-refractivity contribution in [2.45, 2.75) is 17.5 Å². The Kier molecular flexibility index (Phi) is 30.0. The largest absolute Gasteiger partial charge is 3.00 e. The van der Waals surface area contributed by atoms with Crippen LogP contribution in [0.3, 0.4) is 0 Å². The van der Waals surface area contributed by atoms with Crippen LogP contribution in [0.15, 0.2) is 0 Å². The Bertz CT molecular complexity index is 279. The van der Waals surface area contributed by atoms with Crippen molar-refractivity contribution >= 4 is 76.2 Å². The molecule has 132 valence electrons. The van der Waals surface area contributed by atoms with Gasteiger partial charge in [0.1, 0.15) is 17.5 Å². The van der Waals surface area contributed by atoms with Crippen LogP contribution in [-0.4, -0.2) is 67.9 Å². The number of hydrogen-bond donors (Lipinski definition) is 3. The predicted octanol–water partition coefficient (Wildman–Crippen LogP) is -2.25. The quantitative estimate of drug-likeness (QED) is 0.225. The van der Waals surface area contributed by atoms with Crippen molar-refractivity contribution < 1.29 is 43.7 Å². The maximum Gasteiger partial charge on any atom is 3.00 e. The third-order valence-corrected chi connectivity index (χ3v) is 5.15. The third kappa shape index (κ3) is 24.1. The van der Waals surface area contributed by atoms with E-state index >= 15 is 0 Å². The molecular weight excluding hydrogens is 442 g/mol. The van der Waals surface area contributed by atoms with Gasteiger partial charge in [-0.05, 0) is 0 Å². The van der Waals surface area contributed by atoms with Crippen LogP contribution in [0.1, 0.15) is 0 Å². The minimum atomic E-state index is -3.04. The first-order valence-corrected chi connectivity index (χ1v) is 10.7. The van der Waals surface area contributed by atoms with Crippen molar-refractivity contribution in [3.05, 3.63) is 0 Å². The van der Waals surface area contributed by atoms with E-state index in [9.17, 15) is 28.4 Å². The standard InChI is InChI=1S/3C2H6ClO3P.Al/c3*3-1-2(4)7(5)6;/h3*2,4,7H,1H2,(H,5,6);/q;;;+3/p-3. The van der Waals surface area contributed by atoms with Gasteiger partial charge in [0.15, 0.2) is 0 Å². The summed E-state index contributed by atoms with van der Waals surface area (Å²) in [4.78, 5) is 29.0. The first kappa shape index (κ1) is 31.6. The van der Waals surface area contributed by atoms with Crippen LogP contribution in [0.4, 0.5) is 0 Å². The Morgan fingerprint density at radius 2 is 0.818 bits per heavy atom. The minimum Gasteiger partial charge on any atom is -0.800 e. The summed E-state index contributed by atoms with van der Waals surface area (Å²) in [7, 11) is -9.12. The molecule has 0 heterocycles. The van der Waals surface area contributed by atoms with Crippen molar-refractivity contribution in [3.8, 4) is 0 Å². The van der Waals surface area contributed by atoms with E-state index in [1.165, 1.54) is 0 Å². The predicted molar refractivity (Wildman–Crippen MR) is 82.9 cm³/mol. The molecule has 0 saturated carbocycles. The average molecular weight is 457 g/mol. The molecule has 6 atom stereocenters. The van der Waals surface area contributed by atoms with E-state index in [0.717, 1.165) is 0 Å². The summed E-state index contributed by atoms with van der Waals surface area (Å²) in [6.45, 7) is 0. The molecule has 6 unspecified atom stereocenters. The van der Waals surface area contributed by atoms with E-state index in [-0.39, 0.29) is 35.0 Å². The maximum absolute atomic E-state index is 9.67. The van der Waals surface area contributed by atoms with Crippen LogP contribution in [0.5, 0.6) is 0 Å². The van der Waals surface area contributed by atoms with Crippen LogP contribution < -0.4 is 14.7 Å². The molecule has 0 aliphatic heterocycles. The molecule has 9 nitrogen and oxygen atoms in total. The molecule has 22 heavy (non-hydrogen) atoms. The van der Waals surface area contributed by atoms with Gasteiger partial charge in [-0.25, -0.2) is 0 Å². The molecule has 0 aromatic heterocycles. The van der Waals surface area contributed by atoms with Gasteiger partial charge in [-0.1, -0.05) is 0 Å². The molecule has 0 aromatic carbocycles. The zero-order valence-corrected chi connectivity index (χ0v) is 17.3. The summed E-state index contributed by atoms with van der Waals surface area (Å²) in [6.07, 6.45) is 0. The van der Waals surface area contributed by atoms with Gasteiger partial charge in [0.2, 0.25) is 0 Å². The molecule has 0 fully saturated rings. The van der Waals surface area contributed by atoms with Gasteiger partial charge in [-0.15, -0.1) is 34.8 Å². The smallest absolute Gasteiger partial charge is 0.800 e. The minimum absolute atomic E-state index is 0. The van der Waals surface area contributed by atoms with Gasteiger partial charge >= 0.3 is 17.4 Å². The monoisotopic (exact) mass is 456 g/mol. The first-order valence-electron chi connectivity index (χ1n) is 4.89.